The maximum Gasteiger partial charge on any atom is 2.00 e. The number of hydrogen-bond acceptors (Lipinski definition) is 14. The summed E-state index contributed by atoms with van der Waals surface area (Å²) < 4.78 is 10.5. The van der Waals surface area contributed by atoms with Gasteiger partial charge in [0.15, 0.2) is 0 Å². The second kappa shape index (κ2) is 17.0. The largest absolute Gasteiger partial charge is 2.00 e. The molecule has 0 fully saturated rings. The molecule has 0 saturated heterocycles. The molecular formula is C22H36CuN2O14. The Balaban J connectivity index is -0.000000648. The van der Waals surface area contributed by atoms with E-state index < -0.39 is 72.7 Å². The van der Waals surface area contributed by atoms with Crippen molar-refractivity contribution in [3.63, 3.8) is 0 Å². The summed E-state index contributed by atoms with van der Waals surface area (Å²) in [6.45, 7) is 1.01. The van der Waals surface area contributed by atoms with Gasteiger partial charge < -0.3 is 68.3 Å². The monoisotopic (exact) mass is 615 g/mol. The van der Waals surface area contributed by atoms with Crippen molar-refractivity contribution in [2.75, 3.05) is 68.6 Å². The molecule has 1 radical (unpaired) electrons. The van der Waals surface area contributed by atoms with Crippen LogP contribution in [0, 0.1) is 0 Å². The van der Waals surface area contributed by atoms with Gasteiger partial charge in [-0.25, -0.2) is 0 Å². The molecule has 0 saturated carbocycles. The van der Waals surface area contributed by atoms with Gasteiger partial charge in [-0.3, -0.25) is 9.59 Å². The number of aliphatic carboxylic acids is 4. The van der Waals surface area contributed by atoms with Gasteiger partial charge in [-0.05, 0) is 0 Å². The Morgan fingerprint density at radius 3 is 1.03 bits per heavy atom. The predicted molar refractivity (Wildman–Crippen MR) is 116 cm³/mol. The van der Waals surface area contributed by atoms with E-state index in [9.17, 15) is 59.4 Å². The van der Waals surface area contributed by atoms with E-state index in [2.05, 4.69) is 0 Å². The van der Waals surface area contributed by atoms with Crippen LogP contribution in [0.15, 0.2) is 0 Å². The maximum atomic E-state index is 11.3. The van der Waals surface area contributed by atoms with Crippen molar-refractivity contribution in [1.82, 2.24) is 0 Å². The summed E-state index contributed by atoms with van der Waals surface area (Å²) in [5.74, 6) is -9.74. The van der Waals surface area contributed by atoms with Gasteiger partial charge in [-0.2, -0.15) is 0 Å². The fraction of sp³-hybridized carbons (Fsp3) is 0.727. The number of ether oxygens (including phenoxy) is 2. The molecule has 0 aliphatic rings. The zero-order valence-corrected chi connectivity index (χ0v) is 23.6. The summed E-state index contributed by atoms with van der Waals surface area (Å²) in [5.41, 5.74) is -5.63. The molecule has 16 nitrogen and oxygen atoms in total. The van der Waals surface area contributed by atoms with Gasteiger partial charge in [-0.1, -0.05) is 0 Å². The van der Waals surface area contributed by atoms with Gasteiger partial charge in [0.05, 0.1) is 67.1 Å². The first-order valence-electron chi connectivity index (χ1n) is 11.1. The summed E-state index contributed by atoms with van der Waals surface area (Å²) >= 11 is 0. The average molecular weight is 616 g/mol. The van der Waals surface area contributed by atoms with Gasteiger partial charge in [0, 0.05) is 24.8 Å². The van der Waals surface area contributed by atoms with Crippen molar-refractivity contribution in [1.29, 1.82) is 0 Å². The second-order valence-electron chi connectivity index (χ2n) is 10.6. The molecule has 0 amide bonds. The predicted octanol–water partition coefficient (Wildman–Crippen LogP) is -7.51. The summed E-state index contributed by atoms with van der Waals surface area (Å²) in [6.07, 6.45) is -4.47. The molecule has 0 heterocycles. The quantitative estimate of drug-likeness (QED) is 0.0929. The SMILES string of the molecule is C[N+](C)(C)CCOC(=O)CC(O)(CC(=O)[O-])C(=O)[O-].C[N+](C)(C)CCOC(=O)CC(O)(CC(=O)[O-])C(=O)[O-].[Cu+2]. The number of rotatable bonds is 16. The molecule has 0 aliphatic heterocycles. The molecule has 0 aromatic carbocycles. The number of carboxylic acids is 4. The van der Waals surface area contributed by atoms with Crippen molar-refractivity contribution in [3.8, 4) is 0 Å². The van der Waals surface area contributed by atoms with Crippen LogP contribution in [0.25, 0.3) is 0 Å². The molecule has 17 heteroatoms. The van der Waals surface area contributed by atoms with Gasteiger partial charge in [-0.15, -0.1) is 0 Å². The van der Waals surface area contributed by atoms with Crippen LogP contribution in [-0.2, 0) is 55.3 Å². The number of esters is 2. The van der Waals surface area contributed by atoms with E-state index in [-0.39, 0.29) is 30.3 Å². The van der Waals surface area contributed by atoms with Crippen LogP contribution in [0.3, 0.4) is 0 Å². The number of carboxylic acid groups (broad SMARTS) is 4. The number of likely N-dealkylation sites (N-methyl/N-ethyl adjacent to an activating group) is 2. The Bertz CT molecular complexity index is 798. The van der Waals surface area contributed by atoms with Crippen LogP contribution in [0.1, 0.15) is 25.7 Å². The minimum absolute atomic E-state index is 0. The van der Waals surface area contributed by atoms with E-state index in [4.69, 9.17) is 9.47 Å². The van der Waals surface area contributed by atoms with Crippen LogP contribution in [-0.4, -0.2) is 135 Å². The average Bonchev–Trinajstić information content (AvgIpc) is 2.64. The molecule has 2 atom stereocenters. The Morgan fingerprint density at radius 1 is 0.590 bits per heavy atom. The van der Waals surface area contributed by atoms with E-state index in [1.807, 2.05) is 42.3 Å². The van der Waals surface area contributed by atoms with Crippen LogP contribution in [0.4, 0.5) is 0 Å². The number of quaternary nitrogens is 2. The number of hydrogen-bond donors (Lipinski definition) is 2. The van der Waals surface area contributed by atoms with Gasteiger partial charge in [0.2, 0.25) is 0 Å². The number of carbonyl (C=O) groups excluding carboxylic acids is 6. The van der Waals surface area contributed by atoms with Crippen molar-refractivity contribution in [2.24, 2.45) is 0 Å². The van der Waals surface area contributed by atoms with E-state index >= 15 is 0 Å². The van der Waals surface area contributed by atoms with Crippen molar-refractivity contribution in [2.45, 2.75) is 36.9 Å². The first kappa shape index (κ1) is 40.7. The molecule has 0 rings (SSSR count). The van der Waals surface area contributed by atoms with Crippen LogP contribution < -0.4 is 20.4 Å². The third kappa shape index (κ3) is 20.8. The minimum atomic E-state index is -2.81. The molecule has 0 spiro atoms. The Morgan fingerprint density at radius 2 is 0.846 bits per heavy atom. The molecular weight excluding hydrogens is 580 g/mol. The van der Waals surface area contributed by atoms with Gasteiger partial charge in [0.25, 0.3) is 0 Å². The summed E-state index contributed by atoms with van der Waals surface area (Å²) in [6, 6.07) is 0. The van der Waals surface area contributed by atoms with Crippen LogP contribution in [0.2, 0.25) is 0 Å². The van der Waals surface area contributed by atoms with Crippen LogP contribution in [0.5, 0.6) is 0 Å². The van der Waals surface area contributed by atoms with E-state index in [1.54, 1.807) is 0 Å². The van der Waals surface area contributed by atoms with E-state index in [0.29, 0.717) is 22.1 Å². The topological polar surface area (TPSA) is 254 Å². The zero-order valence-electron chi connectivity index (χ0n) is 22.6. The van der Waals surface area contributed by atoms with Crippen molar-refractivity contribution >= 4 is 35.8 Å². The second-order valence-corrected chi connectivity index (χ2v) is 10.6. The molecule has 0 bridgehead atoms. The number of carbonyl (C=O) groups is 6. The first-order valence-corrected chi connectivity index (χ1v) is 11.1. The molecule has 39 heavy (non-hydrogen) atoms. The zero-order chi connectivity index (χ0) is 30.5. The van der Waals surface area contributed by atoms with Gasteiger partial charge >= 0.3 is 29.0 Å². The summed E-state index contributed by atoms with van der Waals surface area (Å²) in [7, 11) is 11.2. The molecule has 0 aliphatic carbocycles. The summed E-state index contributed by atoms with van der Waals surface area (Å²) in [4.78, 5) is 64.7. The van der Waals surface area contributed by atoms with Crippen LogP contribution >= 0.6 is 0 Å². The number of aliphatic hydroxyl groups is 2. The molecule has 0 aromatic heterocycles. The maximum absolute atomic E-state index is 11.3. The van der Waals surface area contributed by atoms with E-state index in [1.165, 1.54) is 0 Å². The fourth-order valence-corrected chi connectivity index (χ4v) is 2.34. The standard InChI is InChI=1S/2C11H19NO7.Cu/c2*1-12(2,3)4-5-19-9(15)7-11(18,10(16)17)6-8(13)14;/h2*18H,4-7H2,1-3H3,(H-,13,14,16,17);/q;;+2/p-2. The fourth-order valence-electron chi connectivity index (χ4n) is 2.34. The Labute approximate surface area is 236 Å². The Hall–Kier alpha value is -2.82. The van der Waals surface area contributed by atoms with E-state index in [0.717, 1.165) is 0 Å². The molecule has 2 unspecified atom stereocenters. The minimum Gasteiger partial charge on any atom is -0.550 e. The molecule has 0 aromatic rings. The Kier molecular flexibility index (Phi) is 17.7. The number of nitrogens with zero attached hydrogens (tertiary/aromatic N) is 2. The third-order valence-electron chi connectivity index (χ3n) is 4.56. The smallest absolute Gasteiger partial charge is 0.550 e. The summed E-state index contributed by atoms with van der Waals surface area (Å²) in [5, 5.41) is 61.0. The van der Waals surface area contributed by atoms with Gasteiger partial charge in [0.1, 0.15) is 37.5 Å². The normalized spacial score (nSPS) is 14.2. The molecule has 229 valence electrons. The first-order chi connectivity index (χ1) is 16.9. The molecule has 2 N–H and O–H groups in total. The third-order valence-corrected chi connectivity index (χ3v) is 4.56. The van der Waals surface area contributed by atoms with Crippen molar-refractivity contribution in [3.05, 3.63) is 0 Å². The van der Waals surface area contributed by atoms with Crippen molar-refractivity contribution < 1.29 is 94.9 Å².